The largest absolute Gasteiger partial charge is 0.357 e. The van der Waals surface area contributed by atoms with Crippen molar-refractivity contribution in [3.8, 4) is 6.07 Å². The number of nitrogens with zero attached hydrogens (tertiary/aromatic N) is 2. The SMILES string of the molecule is N#CCCn1ccc(=O)o1. The van der Waals surface area contributed by atoms with Gasteiger partial charge in [0.2, 0.25) is 0 Å². The Morgan fingerprint density at radius 1 is 1.80 bits per heavy atom. The van der Waals surface area contributed by atoms with Gasteiger partial charge in [0.15, 0.2) is 0 Å². The van der Waals surface area contributed by atoms with Crippen LogP contribution in [0.2, 0.25) is 0 Å². The molecule has 1 rings (SSSR count). The van der Waals surface area contributed by atoms with Gasteiger partial charge in [0.1, 0.15) is 0 Å². The van der Waals surface area contributed by atoms with Gasteiger partial charge in [-0.05, 0) is 0 Å². The first kappa shape index (κ1) is 6.62. The van der Waals surface area contributed by atoms with Crippen molar-refractivity contribution in [3.05, 3.63) is 22.7 Å². The first-order valence-electron chi connectivity index (χ1n) is 2.86. The monoisotopic (exact) mass is 138 g/mol. The molecule has 0 aromatic carbocycles. The summed E-state index contributed by atoms with van der Waals surface area (Å²) in [6.07, 6.45) is 1.87. The minimum absolute atomic E-state index is 0.359. The first-order chi connectivity index (χ1) is 4.83. The molecule has 0 unspecified atom stereocenters. The molecule has 0 saturated carbocycles. The Morgan fingerprint density at radius 3 is 3.10 bits per heavy atom. The molecule has 0 amide bonds. The molecule has 0 fully saturated rings. The molecule has 1 aromatic heterocycles. The maximum Gasteiger partial charge on any atom is 0.357 e. The Kier molecular flexibility index (Phi) is 1.90. The fourth-order valence-corrected chi connectivity index (χ4v) is 0.601. The van der Waals surface area contributed by atoms with E-state index >= 15 is 0 Å². The average Bonchev–Trinajstić information content (AvgIpc) is 2.31. The molecule has 1 heterocycles. The standard InChI is InChI=1S/C6H6N2O2/c7-3-1-4-8-5-2-6(9)10-8/h2,5H,1,4H2. The van der Waals surface area contributed by atoms with Gasteiger partial charge in [0, 0.05) is 12.3 Å². The van der Waals surface area contributed by atoms with E-state index in [0.29, 0.717) is 13.0 Å². The fourth-order valence-electron chi connectivity index (χ4n) is 0.601. The van der Waals surface area contributed by atoms with E-state index in [1.165, 1.54) is 17.0 Å². The highest BCUT2D eigenvalue weighted by molar-refractivity contribution is 4.76. The molecule has 0 bridgehead atoms. The van der Waals surface area contributed by atoms with Crippen LogP contribution in [0.25, 0.3) is 0 Å². The van der Waals surface area contributed by atoms with Crippen molar-refractivity contribution in [2.75, 3.05) is 0 Å². The van der Waals surface area contributed by atoms with Crippen molar-refractivity contribution >= 4 is 0 Å². The summed E-state index contributed by atoms with van der Waals surface area (Å²) >= 11 is 0. The average molecular weight is 138 g/mol. The highest BCUT2D eigenvalue weighted by atomic mass is 16.5. The van der Waals surface area contributed by atoms with Crippen molar-refractivity contribution in [1.82, 2.24) is 4.74 Å². The summed E-state index contributed by atoms with van der Waals surface area (Å²) < 4.78 is 5.93. The number of aryl methyl sites for hydroxylation is 1. The summed E-state index contributed by atoms with van der Waals surface area (Å²) in [7, 11) is 0. The summed E-state index contributed by atoms with van der Waals surface area (Å²) in [5.41, 5.74) is -0.377. The molecule has 4 heteroatoms. The number of aromatic nitrogens is 1. The quantitative estimate of drug-likeness (QED) is 0.592. The van der Waals surface area contributed by atoms with Gasteiger partial charge in [-0.1, -0.05) is 0 Å². The summed E-state index contributed by atoms with van der Waals surface area (Å²) in [4.78, 5) is 10.4. The lowest BCUT2D eigenvalue weighted by Gasteiger charge is -1.90. The maximum absolute atomic E-state index is 10.4. The molecular weight excluding hydrogens is 132 g/mol. The van der Waals surface area contributed by atoms with E-state index in [2.05, 4.69) is 4.52 Å². The lowest BCUT2D eigenvalue weighted by Crippen LogP contribution is -1.95. The summed E-state index contributed by atoms with van der Waals surface area (Å²) in [5.74, 6) is 0. The van der Waals surface area contributed by atoms with E-state index in [1.54, 1.807) is 0 Å². The summed E-state index contributed by atoms with van der Waals surface area (Å²) in [5, 5.41) is 8.15. The van der Waals surface area contributed by atoms with Gasteiger partial charge in [-0.3, -0.25) is 0 Å². The van der Waals surface area contributed by atoms with Gasteiger partial charge < -0.3 is 4.52 Å². The lowest BCUT2D eigenvalue weighted by molar-refractivity contribution is 0.254. The Balaban J connectivity index is 2.61. The Bertz CT molecular complexity index is 291. The molecule has 52 valence electrons. The zero-order chi connectivity index (χ0) is 7.40. The van der Waals surface area contributed by atoms with E-state index in [0.717, 1.165) is 0 Å². The Labute approximate surface area is 57.3 Å². The smallest absolute Gasteiger partial charge is 0.337 e. The van der Waals surface area contributed by atoms with Crippen molar-refractivity contribution < 1.29 is 4.52 Å². The van der Waals surface area contributed by atoms with E-state index in [1.807, 2.05) is 6.07 Å². The minimum Gasteiger partial charge on any atom is -0.337 e. The van der Waals surface area contributed by atoms with Crippen LogP contribution in [0.4, 0.5) is 0 Å². The van der Waals surface area contributed by atoms with Crippen LogP contribution in [0.1, 0.15) is 6.42 Å². The van der Waals surface area contributed by atoms with Crippen LogP contribution in [-0.4, -0.2) is 4.74 Å². The molecule has 0 radical (unpaired) electrons. The zero-order valence-electron chi connectivity index (χ0n) is 5.28. The zero-order valence-corrected chi connectivity index (χ0v) is 5.28. The molecule has 10 heavy (non-hydrogen) atoms. The first-order valence-corrected chi connectivity index (χ1v) is 2.86. The van der Waals surface area contributed by atoms with Gasteiger partial charge in [0.05, 0.1) is 19.0 Å². The third kappa shape index (κ3) is 1.49. The Morgan fingerprint density at radius 2 is 2.60 bits per heavy atom. The van der Waals surface area contributed by atoms with E-state index < -0.39 is 0 Å². The molecule has 0 aliphatic rings. The third-order valence-corrected chi connectivity index (χ3v) is 1.03. The number of hydrogen-bond donors (Lipinski definition) is 0. The molecule has 1 aromatic rings. The maximum atomic E-state index is 10.4. The number of rotatable bonds is 2. The van der Waals surface area contributed by atoms with Crippen molar-refractivity contribution in [1.29, 1.82) is 5.26 Å². The fraction of sp³-hybridized carbons (Fsp3) is 0.333. The number of hydrogen-bond acceptors (Lipinski definition) is 3. The molecule has 0 N–H and O–H groups in total. The highest BCUT2D eigenvalue weighted by Gasteiger charge is 1.91. The second kappa shape index (κ2) is 2.87. The molecule has 0 saturated heterocycles. The van der Waals surface area contributed by atoms with Crippen LogP contribution in [0.15, 0.2) is 21.6 Å². The topological polar surface area (TPSA) is 58.9 Å². The molecular formula is C6H6N2O2. The van der Waals surface area contributed by atoms with Crippen LogP contribution in [-0.2, 0) is 6.54 Å². The van der Waals surface area contributed by atoms with E-state index in [4.69, 9.17) is 5.26 Å². The number of nitriles is 1. The van der Waals surface area contributed by atoms with Crippen LogP contribution in [0, 0.1) is 11.3 Å². The van der Waals surface area contributed by atoms with E-state index in [9.17, 15) is 4.79 Å². The van der Waals surface area contributed by atoms with Crippen LogP contribution in [0.5, 0.6) is 0 Å². The minimum atomic E-state index is -0.377. The second-order valence-corrected chi connectivity index (χ2v) is 1.77. The summed E-state index contributed by atoms with van der Waals surface area (Å²) in [6, 6.07) is 3.26. The molecule has 0 atom stereocenters. The lowest BCUT2D eigenvalue weighted by atomic mass is 10.5. The normalized spacial score (nSPS) is 9.10. The van der Waals surface area contributed by atoms with Crippen LogP contribution < -0.4 is 5.63 Å². The van der Waals surface area contributed by atoms with Crippen molar-refractivity contribution in [2.24, 2.45) is 0 Å². The van der Waals surface area contributed by atoms with Gasteiger partial charge in [-0.15, -0.1) is 0 Å². The van der Waals surface area contributed by atoms with Gasteiger partial charge >= 0.3 is 5.63 Å². The predicted octanol–water partition coefficient (Wildman–Crippen LogP) is 0.355. The van der Waals surface area contributed by atoms with Gasteiger partial charge in [0.25, 0.3) is 0 Å². The van der Waals surface area contributed by atoms with Crippen LogP contribution in [0.3, 0.4) is 0 Å². The van der Waals surface area contributed by atoms with Crippen molar-refractivity contribution in [2.45, 2.75) is 13.0 Å². The highest BCUT2D eigenvalue weighted by Crippen LogP contribution is 1.86. The second-order valence-electron chi connectivity index (χ2n) is 1.77. The predicted molar refractivity (Wildman–Crippen MR) is 33.2 cm³/mol. The van der Waals surface area contributed by atoms with E-state index in [-0.39, 0.29) is 5.63 Å². The van der Waals surface area contributed by atoms with Crippen LogP contribution >= 0.6 is 0 Å². The molecule has 0 spiro atoms. The third-order valence-electron chi connectivity index (χ3n) is 1.03. The Hall–Kier alpha value is -1.50. The van der Waals surface area contributed by atoms with Gasteiger partial charge in [-0.25, -0.2) is 9.53 Å². The molecule has 4 nitrogen and oxygen atoms in total. The van der Waals surface area contributed by atoms with Gasteiger partial charge in [-0.2, -0.15) is 5.26 Å². The molecule has 0 aliphatic heterocycles. The molecule has 0 aliphatic carbocycles. The van der Waals surface area contributed by atoms with Crippen molar-refractivity contribution in [3.63, 3.8) is 0 Å². The summed E-state index contributed by atoms with van der Waals surface area (Å²) in [6.45, 7) is 0.443.